The topological polar surface area (TPSA) is 85.6 Å². The zero-order chi connectivity index (χ0) is 17.0. The Bertz CT molecular complexity index is 756. The molecule has 0 spiro atoms. The molecule has 0 aliphatic heterocycles. The average Bonchev–Trinajstić information content (AvgIpc) is 2.55. The van der Waals surface area contributed by atoms with Crippen molar-refractivity contribution >= 4 is 17.3 Å². The van der Waals surface area contributed by atoms with Crippen molar-refractivity contribution in [2.24, 2.45) is 0 Å². The van der Waals surface area contributed by atoms with Crippen LogP contribution < -0.4 is 9.64 Å². The van der Waals surface area contributed by atoms with Gasteiger partial charge in [-0.1, -0.05) is 6.58 Å². The number of ether oxygens (including phenoxy) is 1. The number of likely N-dealkylation sites (N-methyl/N-ethyl adjacent to an activating group) is 1. The van der Waals surface area contributed by atoms with Crippen LogP contribution in [0.5, 0.6) is 11.6 Å². The van der Waals surface area contributed by atoms with Crippen LogP contribution in [0.3, 0.4) is 0 Å². The van der Waals surface area contributed by atoms with E-state index in [4.69, 9.17) is 4.74 Å². The first-order chi connectivity index (χ1) is 10.9. The number of aromatic nitrogens is 1. The van der Waals surface area contributed by atoms with Gasteiger partial charge in [-0.3, -0.25) is 14.9 Å². The Kier molecular flexibility index (Phi) is 4.70. The number of hydrogen-bond donors (Lipinski definition) is 0. The van der Waals surface area contributed by atoms with Crippen LogP contribution in [0, 0.1) is 17.0 Å². The SMILES string of the molecule is C=CC(=O)N(C)c1ccc(Oc2ncc(C)cc2[N+](=O)[O-])cc1. The number of benzene rings is 1. The zero-order valence-corrected chi connectivity index (χ0v) is 12.7. The van der Waals surface area contributed by atoms with Gasteiger partial charge in [0.15, 0.2) is 0 Å². The van der Waals surface area contributed by atoms with Gasteiger partial charge in [0.2, 0.25) is 5.91 Å². The quantitative estimate of drug-likeness (QED) is 0.480. The second-order valence-corrected chi connectivity index (χ2v) is 4.79. The molecule has 0 aliphatic rings. The zero-order valence-electron chi connectivity index (χ0n) is 12.7. The summed E-state index contributed by atoms with van der Waals surface area (Å²) in [6, 6.07) is 7.93. The van der Waals surface area contributed by atoms with Crippen LogP contribution in [0.1, 0.15) is 5.56 Å². The van der Waals surface area contributed by atoms with Gasteiger partial charge in [0.25, 0.3) is 5.88 Å². The summed E-state index contributed by atoms with van der Waals surface area (Å²) in [6.07, 6.45) is 2.71. The molecule has 0 fully saturated rings. The average molecular weight is 313 g/mol. The predicted octanol–water partition coefficient (Wildman–Crippen LogP) is 3.24. The van der Waals surface area contributed by atoms with Gasteiger partial charge in [0.05, 0.1) is 4.92 Å². The second kappa shape index (κ2) is 6.69. The largest absolute Gasteiger partial charge is 0.434 e. The fourth-order valence-corrected chi connectivity index (χ4v) is 1.86. The van der Waals surface area contributed by atoms with Crippen molar-refractivity contribution in [1.29, 1.82) is 0 Å². The first kappa shape index (κ1) is 16.2. The number of hydrogen-bond acceptors (Lipinski definition) is 5. The number of rotatable bonds is 5. The second-order valence-electron chi connectivity index (χ2n) is 4.79. The molecular weight excluding hydrogens is 298 g/mol. The molecule has 0 atom stereocenters. The number of aryl methyl sites for hydroxylation is 1. The van der Waals surface area contributed by atoms with E-state index in [0.717, 1.165) is 0 Å². The fourth-order valence-electron chi connectivity index (χ4n) is 1.86. The first-order valence-corrected chi connectivity index (χ1v) is 6.71. The maximum absolute atomic E-state index is 11.5. The van der Waals surface area contributed by atoms with E-state index in [-0.39, 0.29) is 17.5 Å². The smallest absolute Gasteiger partial charge is 0.331 e. The van der Waals surface area contributed by atoms with Gasteiger partial charge in [0.1, 0.15) is 5.75 Å². The third-order valence-corrected chi connectivity index (χ3v) is 3.11. The molecule has 1 aromatic carbocycles. The molecule has 2 aromatic rings. The van der Waals surface area contributed by atoms with Crippen molar-refractivity contribution in [3.63, 3.8) is 0 Å². The highest BCUT2D eigenvalue weighted by molar-refractivity contribution is 6.00. The molecule has 0 saturated heterocycles. The van der Waals surface area contributed by atoms with Crippen molar-refractivity contribution in [3.8, 4) is 11.6 Å². The summed E-state index contributed by atoms with van der Waals surface area (Å²) in [6.45, 7) is 5.14. The van der Waals surface area contributed by atoms with Gasteiger partial charge in [-0.05, 0) is 42.8 Å². The van der Waals surface area contributed by atoms with Crippen LogP contribution in [0.15, 0.2) is 49.2 Å². The van der Waals surface area contributed by atoms with E-state index in [2.05, 4.69) is 11.6 Å². The Morgan fingerprint density at radius 3 is 2.61 bits per heavy atom. The third-order valence-electron chi connectivity index (χ3n) is 3.11. The Morgan fingerprint density at radius 1 is 1.39 bits per heavy atom. The summed E-state index contributed by atoms with van der Waals surface area (Å²) in [7, 11) is 1.62. The van der Waals surface area contributed by atoms with Crippen molar-refractivity contribution < 1.29 is 14.5 Å². The van der Waals surface area contributed by atoms with Crippen LogP contribution in [-0.2, 0) is 4.79 Å². The standard InChI is InChI=1S/C16H15N3O4/c1-4-15(20)18(3)12-5-7-13(8-6-12)23-16-14(19(21)22)9-11(2)10-17-16/h4-10H,1H2,2-3H3. The van der Waals surface area contributed by atoms with E-state index >= 15 is 0 Å². The Balaban J connectivity index is 2.23. The molecule has 118 valence electrons. The molecule has 0 saturated carbocycles. The third kappa shape index (κ3) is 3.70. The lowest BCUT2D eigenvalue weighted by molar-refractivity contribution is -0.386. The highest BCUT2D eigenvalue weighted by Gasteiger charge is 2.18. The molecule has 1 heterocycles. The minimum Gasteiger partial charge on any atom is -0.434 e. The normalized spacial score (nSPS) is 10.0. The van der Waals surface area contributed by atoms with E-state index < -0.39 is 4.92 Å². The van der Waals surface area contributed by atoms with Gasteiger partial charge in [-0.15, -0.1) is 0 Å². The minimum absolute atomic E-state index is 0.0797. The molecule has 23 heavy (non-hydrogen) atoms. The molecule has 0 unspecified atom stereocenters. The lowest BCUT2D eigenvalue weighted by Crippen LogP contribution is -2.23. The van der Waals surface area contributed by atoms with E-state index in [1.165, 1.54) is 23.2 Å². The number of nitro groups is 1. The van der Waals surface area contributed by atoms with Crippen molar-refractivity contribution in [2.45, 2.75) is 6.92 Å². The van der Waals surface area contributed by atoms with Gasteiger partial charge < -0.3 is 9.64 Å². The number of amides is 1. The summed E-state index contributed by atoms with van der Waals surface area (Å²) < 4.78 is 5.47. The van der Waals surface area contributed by atoms with Crippen molar-refractivity contribution in [1.82, 2.24) is 4.98 Å². The highest BCUT2D eigenvalue weighted by Crippen LogP contribution is 2.30. The molecule has 2 rings (SSSR count). The van der Waals surface area contributed by atoms with Gasteiger partial charge in [-0.2, -0.15) is 0 Å². The number of carbonyl (C=O) groups is 1. The van der Waals surface area contributed by atoms with Crippen LogP contribution in [0.2, 0.25) is 0 Å². The molecule has 0 radical (unpaired) electrons. The summed E-state index contributed by atoms with van der Waals surface area (Å²) in [5.41, 5.74) is 1.12. The summed E-state index contributed by atoms with van der Waals surface area (Å²) in [5.74, 6) is 0.0611. The van der Waals surface area contributed by atoms with Crippen LogP contribution >= 0.6 is 0 Å². The van der Waals surface area contributed by atoms with E-state index in [1.807, 2.05) is 0 Å². The Labute approximate surface area is 133 Å². The minimum atomic E-state index is -0.541. The number of carbonyl (C=O) groups excluding carboxylic acids is 1. The number of nitrogens with zero attached hydrogens (tertiary/aromatic N) is 3. The number of anilines is 1. The van der Waals surface area contributed by atoms with Crippen molar-refractivity contribution in [2.75, 3.05) is 11.9 Å². The molecule has 1 aromatic heterocycles. The first-order valence-electron chi connectivity index (χ1n) is 6.71. The van der Waals surface area contributed by atoms with Crippen LogP contribution in [0.4, 0.5) is 11.4 Å². The summed E-state index contributed by atoms with van der Waals surface area (Å²) in [4.78, 5) is 27.4. The van der Waals surface area contributed by atoms with Gasteiger partial charge >= 0.3 is 5.69 Å². The van der Waals surface area contributed by atoms with E-state index in [1.54, 1.807) is 38.2 Å². The van der Waals surface area contributed by atoms with E-state index in [0.29, 0.717) is 17.0 Å². The Morgan fingerprint density at radius 2 is 2.04 bits per heavy atom. The molecule has 7 nitrogen and oxygen atoms in total. The highest BCUT2D eigenvalue weighted by atomic mass is 16.6. The molecule has 7 heteroatoms. The number of pyridine rings is 1. The Hall–Kier alpha value is -3.22. The van der Waals surface area contributed by atoms with E-state index in [9.17, 15) is 14.9 Å². The molecule has 0 bridgehead atoms. The molecular formula is C16H15N3O4. The predicted molar refractivity (Wildman–Crippen MR) is 85.8 cm³/mol. The van der Waals surface area contributed by atoms with Gasteiger partial charge in [0, 0.05) is 25.0 Å². The maximum atomic E-state index is 11.5. The lowest BCUT2D eigenvalue weighted by atomic mass is 10.2. The summed E-state index contributed by atoms with van der Waals surface area (Å²) in [5, 5.41) is 11.0. The molecule has 0 aliphatic carbocycles. The molecule has 0 N–H and O–H groups in total. The van der Waals surface area contributed by atoms with Crippen molar-refractivity contribution in [3.05, 3.63) is 64.9 Å². The van der Waals surface area contributed by atoms with Crippen LogP contribution in [-0.4, -0.2) is 22.9 Å². The maximum Gasteiger partial charge on any atom is 0.331 e. The summed E-state index contributed by atoms with van der Waals surface area (Å²) >= 11 is 0. The monoisotopic (exact) mass is 313 g/mol. The fraction of sp³-hybridized carbons (Fsp3) is 0.125. The van der Waals surface area contributed by atoms with Crippen LogP contribution in [0.25, 0.3) is 0 Å². The van der Waals surface area contributed by atoms with Gasteiger partial charge in [-0.25, -0.2) is 4.98 Å². The molecule has 1 amide bonds. The lowest BCUT2D eigenvalue weighted by Gasteiger charge is -2.15.